The van der Waals surface area contributed by atoms with Gasteiger partial charge in [0.1, 0.15) is 10.5 Å². The maximum absolute atomic E-state index is 12.4. The van der Waals surface area contributed by atoms with Crippen LogP contribution in [0.15, 0.2) is 35.3 Å². The smallest absolute Gasteiger partial charge is 0.270 e. The number of hydrogen-bond donors (Lipinski definition) is 2. The van der Waals surface area contributed by atoms with Crippen LogP contribution in [0.2, 0.25) is 0 Å². The van der Waals surface area contributed by atoms with E-state index in [-0.39, 0.29) is 5.56 Å². The Morgan fingerprint density at radius 1 is 1.36 bits per heavy atom. The molecule has 7 heteroatoms. The maximum atomic E-state index is 12.4. The highest BCUT2D eigenvalue weighted by molar-refractivity contribution is 7.73. The van der Waals surface area contributed by atoms with Gasteiger partial charge in [0.15, 0.2) is 9.60 Å². The molecule has 22 heavy (non-hydrogen) atoms. The van der Waals surface area contributed by atoms with E-state index in [0.29, 0.717) is 26.7 Å². The number of aromatic nitrogens is 4. The Morgan fingerprint density at radius 2 is 2.18 bits per heavy atom. The lowest BCUT2D eigenvalue weighted by atomic mass is 10.1. The van der Waals surface area contributed by atoms with Gasteiger partial charge < -0.3 is 14.5 Å². The summed E-state index contributed by atoms with van der Waals surface area (Å²) in [5.74, 6) is 0.560. The molecule has 0 spiro atoms. The van der Waals surface area contributed by atoms with Crippen LogP contribution in [0.25, 0.3) is 32.6 Å². The first-order chi connectivity index (χ1) is 10.7. The lowest BCUT2D eigenvalue weighted by Crippen LogP contribution is -2.09. The first kappa shape index (κ1) is 13.4. The number of nitrogens with one attached hydrogen (secondary N) is 2. The van der Waals surface area contributed by atoms with Gasteiger partial charge in [0, 0.05) is 29.2 Å². The molecule has 0 saturated heterocycles. The number of aromatic amines is 2. The third-order valence-electron chi connectivity index (χ3n) is 3.68. The number of hydrogen-bond acceptors (Lipinski definition) is 4. The van der Waals surface area contributed by atoms with Crippen molar-refractivity contribution in [2.75, 3.05) is 0 Å². The molecule has 2 N–H and O–H groups in total. The second-order valence-corrected chi connectivity index (χ2v) is 6.57. The Labute approximate surface area is 134 Å². The number of para-hydroxylation sites is 1. The zero-order valence-electron chi connectivity index (χ0n) is 11.7. The number of fused-ring (bicyclic) bond motifs is 2. The molecule has 1 aromatic carbocycles. The minimum absolute atomic E-state index is 0.145. The summed E-state index contributed by atoms with van der Waals surface area (Å²) in [4.78, 5) is 23.1. The van der Waals surface area contributed by atoms with Gasteiger partial charge in [0.2, 0.25) is 0 Å². The number of nitrogens with zero attached hydrogens (tertiary/aromatic N) is 2. The molecule has 0 saturated carbocycles. The van der Waals surface area contributed by atoms with Crippen molar-refractivity contribution in [1.29, 1.82) is 0 Å². The molecule has 110 valence electrons. The average Bonchev–Trinajstić information content (AvgIpc) is 3.08. The minimum Gasteiger partial charge on any atom is -0.360 e. The molecule has 0 radical (unpaired) electrons. The molecule has 0 fully saturated rings. The lowest BCUT2D eigenvalue weighted by Gasteiger charge is -2.02. The predicted molar refractivity (Wildman–Crippen MR) is 92.0 cm³/mol. The zero-order chi connectivity index (χ0) is 15.3. The lowest BCUT2D eigenvalue weighted by molar-refractivity contribution is 0.782. The molecule has 3 heterocycles. The van der Waals surface area contributed by atoms with E-state index in [9.17, 15) is 4.79 Å². The van der Waals surface area contributed by atoms with Gasteiger partial charge in [0.25, 0.3) is 5.56 Å². The van der Waals surface area contributed by atoms with Crippen molar-refractivity contribution in [3.05, 3.63) is 44.8 Å². The van der Waals surface area contributed by atoms with Gasteiger partial charge in [-0.15, -0.1) is 0 Å². The van der Waals surface area contributed by atoms with E-state index in [1.807, 2.05) is 42.0 Å². The summed E-state index contributed by atoms with van der Waals surface area (Å²) in [6.07, 6.45) is 1.87. The predicted octanol–water partition coefficient (Wildman–Crippen LogP) is 3.68. The third-order valence-corrected chi connectivity index (χ3v) is 5.12. The van der Waals surface area contributed by atoms with Gasteiger partial charge in [-0.25, -0.2) is 4.98 Å². The van der Waals surface area contributed by atoms with Crippen molar-refractivity contribution in [2.45, 2.75) is 13.5 Å². The molecular formula is C15H12N4OS2. The van der Waals surface area contributed by atoms with Crippen molar-refractivity contribution < 1.29 is 0 Å². The van der Waals surface area contributed by atoms with Crippen LogP contribution in [0, 0.1) is 3.95 Å². The number of rotatable bonds is 2. The van der Waals surface area contributed by atoms with Gasteiger partial charge in [-0.2, -0.15) is 0 Å². The summed E-state index contributed by atoms with van der Waals surface area (Å²) in [6.45, 7) is 2.69. The van der Waals surface area contributed by atoms with Crippen LogP contribution in [0.3, 0.4) is 0 Å². The monoisotopic (exact) mass is 328 g/mol. The molecular weight excluding hydrogens is 316 g/mol. The maximum Gasteiger partial charge on any atom is 0.270 e. The molecule has 4 aromatic rings. The van der Waals surface area contributed by atoms with Crippen LogP contribution in [0.1, 0.15) is 6.92 Å². The molecule has 0 aliphatic rings. The molecule has 0 aliphatic heterocycles. The number of aryl methyl sites for hydroxylation is 1. The largest absolute Gasteiger partial charge is 0.360 e. The van der Waals surface area contributed by atoms with Crippen LogP contribution < -0.4 is 5.56 Å². The Hall–Kier alpha value is -2.25. The van der Waals surface area contributed by atoms with Gasteiger partial charge in [-0.05, 0) is 25.2 Å². The SMILES string of the molecule is CCn1c(=S)sc2c(=O)[nH]c(-c3c[nH]c4ccccc34)nc21. The second-order valence-electron chi connectivity index (χ2n) is 4.93. The fourth-order valence-corrected chi connectivity index (χ4v) is 3.98. The highest BCUT2D eigenvalue weighted by Gasteiger charge is 2.14. The summed E-state index contributed by atoms with van der Waals surface area (Å²) in [5, 5.41) is 1.03. The van der Waals surface area contributed by atoms with E-state index in [0.717, 1.165) is 16.5 Å². The molecule has 5 nitrogen and oxygen atoms in total. The third kappa shape index (κ3) is 1.86. The standard InChI is InChI=1S/C15H12N4OS2/c1-2-19-13-11(22-15(19)21)14(20)18-12(17-13)9-7-16-10-6-4-3-5-8(9)10/h3-7,16H,2H2,1H3,(H,17,18,20). The fraction of sp³-hybridized carbons (Fsp3) is 0.133. The summed E-state index contributed by atoms with van der Waals surface area (Å²) >= 11 is 6.62. The van der Waals surface area contributed by atoms with E-state index >= 15 is 0 Å². The van der Waals surface area contributed by atoms with Crippen LogP contribution in [0.5, 0.6) is 0 Å². The van der Waals surface area contributed by atoms with Crippen LogP contribution >= 0.6 is 23.6 Å². The topological polar surface area (TPSA) is 66.5 Å². The van der Waals surface area contributed by atoms with Gasteiger partial charge >= 0.3 is 0 Å². The Balaban J connectivity index is 2.07. The molecule has 0 atom stereocenters. The number of H-pyrrole nitrogens is 2. The van der Waals surface area contributed by atoms with Crippen molar-refractivity contribution in [3.8, 4) is 11.4 Å². The van der Waals surface area contributed by atoms with Crippen molar-refractivity contribution in [1.82, 2.24) is 19.5 Å². The van der Waals surface area contributed by atoms with Crippen molar-refractivity contribution in [2.24, 2.45) is 0 Å². The van der Waals surface area contributed by atoms with Gasteiger partial charge in [-0.3, -0.25) is 4.79 Å². The molecule has 3 aromatic heterocycles. The highest BCUT2D eigenvalue weighted by atomic mass is 32.1. The van der Waals surface area contributed by atoms with Gasteiger partial charge in [-0.1, -0.05) is 29.5 Å². The zero-order valence-corrected chi connectivity index (χ0v) is 13.3. The van der Waals surface area contributed by atoms with E-state index in [1.54, 1.807) is 0 Å². The Bertz CT molecular complexity index is 1120. The van der Waals surface area contributed by atoms with Crippen molar-refractivity contribution >= 4 is 44.8 Å². The van der Waals surface area contributed by atoms with Crippen LogP contribution in [-0.4, -0.2) is 19.5 Å². The van der Waals surface area contributed by atoms with Crippen LogP contribution in [0.4, 0.5) is 0 Å². The molecule has 4 rings (SSSR count). The highest BCUT2D eigenvalue weighted by Crippen LogP contribution is 2.27. The second kappa shape index (κ2) is 4.89. The molecule has 0 amide bonds. The van der Waals surface area contributed by atoms with E-state index in [2.05, 4.69) is 15.0 Å². The first-order valence-corrected chi connectivity index (χ1v) is 8.11. The van der Waals surface area contributed by atoms with E-state index in [4.69, 9.17) is 12.2 Å². The summed E-state index contributed by atoms with van der Waals surface area (Å²) in [5.41, 5.74) is 2.40. The summed E-state index contributed by atoms with van der Waals surface area (Å²) < 4.78 is 3.14. The number of benzene rings is 1. The normalized spacial score (nSPS) is 11.5. The first-order valence-electron chi connectivity index (χ1n) is 6.89. The van der Waals surface area contributed by atoms with E-state index < -0.39 is 0 Å². The summed E-state index contributed by atoms with van der Waals surface area (Å²) in [6, 6.07) is 7.93. The minimum atomic E-state index is -0.145. The molecule has 0 aliphatic carbocycles. The average molecular weight is 328 g/mol. The quantitative estimate of drug-likeness (QED) is 0.552. The van der Waals surface area contributed by atoms with Crippen LogP contribution in [-0.2, 0) is 6.54 Å². The Kier molecular flexibility index (Phi) is 2.98. The fourth-order valence-electron chi connectivity index (χ4n) is 2.63. The van der Waals surface area contributed by atoms with Gasteiger partial charge in [0.05, 0.1) is 0 Å². The Morgan fingerprint density at radius 3 is 3.00 bits per heavy atom. The van der Waals surface area contributed by atoms with Crippen molar-refractivity contribution in [3.63, 3.8) is 0 Å². The summed E-state index contributed by atoms with van der Waals surface area (Å²) in [7, 11) is 0. The molecule has 0 bridgehead atoms. The molecule has 0 unspecified atom stereocenters. The number of thiazole rings is 1. The van der Waals surface area contributed by atoms with E-state index in [1.165, 1.54) is 11.3 Å².